The van der Waals surface area contributed by atoms with Crippen LogP contribution in [0.4, 0.5) is 10.2 Å². The molecule has 2 aliphatic rings. The van der Waals surface area contributed by atoms with E-state index in [1.54, 1.807) is 48.8 Å². The van der Waals surface area contributed by atoms with Gasteiger partial charge in [-0.1, -0.05) is 30.3 Å². The molecule has 0 spiro atoms. The minimum atomic E-state index is -0.678. The summed E-state index contributed by atoms with van der Waals surface area (Å²) in [7, 11) is 0. The molecule has 1 amide bonds. The third-order valence-corrected chi connectivity index (χ3v) is 7.38. The van der Waals surface area contributed by atoms with Gasteiger partial charge in [-0.15, -0.1) is 0 Å². The third kappa shape index (κ3) is 4.78. The lowest BCUT2D eigenvalue weighted by Gasteiger charge is -2.39. The van der Waals surface area contributed by atoms with Crippen LogP contribution < -0.4 is 4.90 Å². The summed E-state index contributed by atoms with van der Waals surface area (Å²) in [6.45, 7) is 6.47. The Bertz CT molecular complexity index is 1210. The number of rotatable bonds is 4. The Kier molecular flexibility index (Phi) is 6.28. The van der Waals surface area contributed by atoms with Crippen LogP contribution in [0.3, 0.4) is 0 Å². The second-order valence-corrected chi connectivity index (χ2v) is 10.1. The Morgan fingerprint density at radius 1 is 1.03 bits per heavy atom. The van der Waals surface area contributed by atoms with E-state index in [4.69, 9.17) is 0 Å². The van der Waals surface area contributed by atoms with Gasteiger partial charge in [0.2, 0.25) is 0 Å². The molecule has 2 aliphatic heterocycles. The van der Waals surface area contributed by atoms with E-state index in [-0.39, 0.29) is 17.6 Å². The van der Waals surface area contributed by atoms with Gasteiger partial charge in [0, 0.05) is 42.7 Å². The van der Waals surface area contributed by atoms with Crippen molar-refractivity contribution >= 4 is 11.7 Å². The van der Waals surface area contributed by atoms with Crippen LogP contribution in [-0.4, -0.2) is 51.1 Å². The van der Waals surface area contributed by atoms with E-state index >= 15 is 0 Å². The minimum Gasteiger partial charge on any atom is -0.390 e. The van der Waals surface area contributed by atoms with Crippen LogP contribution in [0.15, 0.2) is 54.9 Å². The average Bonchev–Trinajstić information content (AvgIpc) is 2.87. The number of fused-ring (bicyclic) bond motifs is 1. The number of aromatic nitrogens is 2. The smallest absolute Gasteiger partial charge is 0.254 e. The molecule has 2 aromatic carbocycles. The zero-order chi connectivity index (χ0) is 24.6. The fourth-order valence-corrected chi connectivity index (χ4v) is 5.24. The number of carbonyl (C=O) groups is 1. The quantitative estimate of drug-likeness (QED) is 0.604. The van der Waals surface area contributed by atoms with Crippen molar-refractivity contribution in [1.29, 1.82) is 0 Å². The highest BCUT2D eigenvalue weighted by atomic mass is 19.1. The first-order chi connectivity index (χ1) is 16.8. The van der Waals surface area contributed by atoms with Crippen molar-refractivity contribution < 1.29 is 14.3 Å². The van der Waals surface area contributed by atoms with Crippen molar-refractivity contribution in [1.82, 2.24) is 14.9 Å². The van der Waals surface area contributed by atoms with Gasteiger partial charge in [-0.05, 0) is 56.4 Å². The van der Waals surface area contributed by atoms with Crippen molar-refractivity contribution in [3.8, 4) is 11.1 Å². The molecule has 5 rings (SSSR count). The summed E-state index contributed by atoms with van der Waals surface area (Å²) in [5.41, 5.74) is 3.18. The van der Waals surface area contributed by atoms with Gasteiger partial charge in [-0.25, -0.2) is 14.4 Å². The molecule has 3 heterocycles. The van der Waals surface area contributed by atoms with Crippen molar-refractivity contribution in [3.63, 3.8) is 0 Å². The van der Waals surface area contributed by atoms with Crippen molar-refractivity contribution in [2.75, 3.05) is 24.5 Å². The number of nitrogens with zero attached hydrogens (tertiary/aromatic N) is 4. The summed E-state index contributed by atoms with van der Waals surface area (Å²) in [6, 6.07) is 13.8. The van der Waals surface area contributed by atoms with Gasteiger partial charge in [-0.2, -0.15) is 0 Å². The fourth-order valence-electron chi connectivity index (χ4n) is 5.24. The molecule has 0 atom stereocenters. The average molecular weight is 475 g/mol. The van der Waals surface area contributed by atoms with E-state index in [1.165, 1.54) is 6.07 Å². The van der Waals surface area contributed by atoms with Crippen LogP contribution in [0.5, 0.6) is 0 Å². The standard InChI is InChI=1S/C28H31FN4O2/c1-28(2,35)21-11-14-32(15-12-21)26-23-17-33(16-13-25(23)30-18-31-26)27(34)20-9-7-19(8-10-20)22-5-3-4-6-24(22)29/h3-10,18,21,35H,11-17H2,1-2H3. The van der Waals surface area contributed by atoms with E-state index in [1.807, 2.05) is 18.7 Å². The summed E-state index contributed by atoms with van der Waals surface area (Å²) in [4.78, 5) is 26.5. The van der Waals surface area contributed by atoms with Crippen LogP contribution >= 0.6 is 0 Å². The maximum atomic E-state index is 14.1. The lowest BCUT2D eigenvalue weighted by molar-refractivity contribution is 0.00641. The number of amides is 1. The first-order valence-electron chi connectivity index (χ1n) is 12.3. The highest BCUT2D eigenvalue weighted by Gasteiger charge is 2.33. The van der Waals surface area contributed by atoms with Gasteiger partial charge in [0.15, 0.2) is 0 Å². The first kappa shape index (κ1) is 23.4. The number of anilines is 1. The van der Waals surface area contributed by atoms with E-state index in [0.29, 0.717) is 30.6 Å². The maximum Gasteiger partial charge on any atom is 0.254 e. The summed E-state index contributed by atoms with van der Waals surface area (Å²) < 4.78 is 14.1. The molecule has 1 fully saturated rings. The van der Waals surface area contributed by atoms with Gasteiger partial charge in [0.1, 0.15) is 18.0 Å². The predicted octanol–water partition coefficient (Wildman–Crippen LogP) is 4.47. The summed E-state index contributed by atoms with van der Waals surface area (Å²) in [5, 5.41) is 10.4. The Hall–Kier alpha value is -3.32. The Balaban J connectivity index is 1.32. The molecule has 35 heavy (non-hydrogen) atoms. The lowest BCUT2D eigenvalue weighted by atomic mass is 9.83. The predicted molar refractivity (Wildman–Crippen MR) is 134 cm³/mol. The van der Waals surface area contributed by atoms with Crippen LogP contribution in [0.2, 0.25) is 0 Å². The van der Waals surface area contributed by atoms with Crippen LogP contribution in [0.1, 0.15) is 48.3 Å². The Morgan fingerprint density at radius 2 is 1.74 bits per heavy atom. The second-order valence-electron chi connectivity index (χ2n) is 10.1. The second kappa shape index (κ2) is 9.38. The molecule has 0 unspecified atom stereocenters. The van der Waals surface area contributed by atoms with E-state index in [2.05, 4.69) is 14.9 Å². The van der Waals surface area contributed by atoms with Crippen LogP contribution in [0, 0.1) is 11.7 Å². The number of hydrogen-bond acceptors (Lipinski definition) is 5. The Labute approximate surface area is 205 Å². The number of halogens is 1. The maximum absolute atomic E-state index is 14.1. The monoisotopic (exact) mass is 474 g/mol. The topological polar surface area (TPSA) is 69.6 Å². The first-order valence-corrected chi connectivity index (χ1v) is 12.3. The molecule has 7 heteroatoms. The van der Waals surface area contributed by atoms with Crippen molar-refractivity contribution in [3.05, 3.63) is 77.5 Å². The van der Waals surface area contributed by atoms with Crippen molar-refractivity contribution in [2.45, 2.75) is 45.3 Å². The van der Waals surface area contributed by atoms with Crippen LogP contribution in [-0.2, 0) is 13.0 Å². The van der Waals surface area contributed by atoms with Gasteiger partial charge < -0.3 is 14.9 Å². The summed E-state index contributed by atoms with van der Waals surface area (Å²) >= 11 is 0. The van der Waals surface area contributed by atoms with Gasteiger partial charge >= 0.3 is 0 Å². The zero-order valence-corrected chi connectivity index (χ0v) is 20.2. The summed E-state index contributed by atoms with van der Waals surface area (Å²) in [6.07, 6.45) is 4.11. The van der Waals surface area contributed by atoms with E-state index in [9.17, 15) is 14.3 Å². The molecule has 6 nitrogen and oxygen atoms in total. The summed E-state index contributed by atoms with van der Waals surface area (Å²) in [5.74, 6) is 0.836. The van der Waals surface area contributed by atoms with E-state index < -0.39 is 5.60 Å². The Morgan fingerprint density at radius 3 is 2.43 bits per heavy atom. The molecular formula is C28H31FN4O2. The third-order valence-electron chi connectivity index (χ3n) is 7.38. The molecule has 1 N–H and O–H groups in total. The molecule has 0 radical (unpaired) electrons. The van der Waals surface area contributed by atoms with Crippen molar-refractivity contribution in [2.24, 2.45) is 5.92 Å². The molecular weight excluding hydrogens is 443 g/mol. The van der Waals surface area contributed by atoms with Gasteiger partial charge in [0.05, 0.1) is 17.8 Å². The lowest BCUT2D eigenvalue weighted by Crippen LogP contribution is -2.43. The highest BCUT2D eigenvalue weighted by Crippen LogP contribution is 2.33. The largest absolute Gasteiger partial charge is 0.390 e. The fraction of sp³-hybridized carbons (Fsp3) is 0.393. The molecule has 1 aromatic heterocycles. The SMILES string of the molecule is CC(C)(O)C1CCN(c2ncnc3c2CN(C(=O)c2ccc(-c4ccccc4F)cc2)CC3)CC1. The number of piperidine rings is 1. The number of benzene rings is 2. The molecule has 3 aromatic rings. The molecule has 0 aliphatic carbocycles. The molecule has 0 bridgehead atoms. The zero-order valence-electron chi connectivity index (χ0n) is 20.2. The molecule has 182 valence electrons. The minimum absolute atomic E-state index is 0.0497. The van der Waals surface area contributed by atoms with Gasteiger partial charge in [0.25, 0.3) is 5.91 Å². The van der Waals surface area contributed by atoms with E-state index in [0.717, 1.165) is 48.6 Å². The number of carbonyl (C=O) groups excluding carboxylic acids is 1. The molecule has 0 saturated carbocycles. The molecule has 1 saturated heterocycles. The normalized spacial score (nSPS) is 16.8. The number of aliphatic hydroxyl groups is 1. The van der Waals surface area contributed by atoms with Crippen LogP contribution in [0.25, 0.3) is 11.1 Å². The number of hydrogen-bond donors (Lipinski definition) is 1. The van der Waals surface area contributed by atoms with Gasteiger partial charge in [-0.3, -0.25) is 4.79 Å². The highest BCUT2D eigenvalue weighted by molar-refractivity contribution is 5.95.